The third kappa shape index (κ3) is 3.85. The van der Waals surface area contributed by atoms with Gasteiger partial charge in [0.05, 0.1) is 7.11 Å². The summed E-state index contributed by atoms with van der Waals surface area (Å²) in [6.45, 7) is 3.83. The lowest BCUT2D eigenvalue weighted by Crippen LogP contribution is -2.13. The van der Waals surface area contributed by atoms with Crippen molar-refractivity contribution < 1.29 is 19.4 Å². The summed E-state index contributed by atoms with van der Waals surface area (Å²) >= 11 is 1.26. The van der Waals surface area contributed by atoms with Crippen LogP contribution in [-0.2, 0) is 0 Å². The van der Waals surface area contributed by atoms with Crippen LogP contribution in [0.3, 0.4) is 0 Å². The van der Waals surface area contributed by atoms with E-state index in [9.17, 15) is 14.7 Å². The number of benzene rings is 2. The number of carboxylic acids is 1. The molecule has 0 unspecified atom stereocenters. The molecule has 1 heterocycles. The lowest BCUT2D eigenvalue weighted by Gasteiger charge is -2.07. The van der Waals surface area contributed by atoms with E-state index >= 15 is 0 Å². The van der Waals surface area contributed by atoms with Crippen molar-refractivity contribution in [2.75, 3.05) is 12.4 Å². The number of rotatable bonds is 5. The minimum Gasteiger partial charge on any atom is -0.497 e. The number of thiophene rings is 1. The molecule has 0 saturated carbocycles. The smallest absolute Gasteiger partial charge is 0.339 e. The fourth-order valence-corrected chi connectivity index (χ4v) is 3.89. The SMILES string of the molecule is COc1ccc(C(=O)Nc2sc(C)c(-c3ccc(C)cc3)c2C(=O)O)cc1. The second-order valence-electron chi connectivity index (χ2n) is 6.09. The summed E-state index contributed by atoms with van der Waals surface area (Å²) in [6.07, 6.45) is 0. The van der Waals surface area contributed by atoms with Crippen LogP contribution in [0.4, 0.5) is 5.00 Å². The molecule has 0 aliphatic rings. The van der Waals surface area contributed by atoms with Crippen LogP contribution in [0.1, 0.15) is 31.2 Å². The van der Waals surface area contributed by atoms with Gasteiger partial charge in [0, 0.05) is 16.0 Å². The molecule has 2 N–H and O–H groups in total. The van der Waals surface area contributed by atoms with Gasteiger partial charge in [-0.25, -0.2) is 4.79 Å². The number of carbonyl (C=O) groups is 2. The third-order valence-corrected chi connectivity index (χ3v) is 5.24. The van der Waals surface area contributed by atoms with Crippen LogP contribution in [0.2, 0.25) is 0 Å². The number of hydrogen-bond donors (Lipinski definition) is 2. The molecule has 0 aliphatic heterocycles. The first kappa shape index (κ1) is 18.7. The zero-order valence-electron chi connectivity index (χ0n) is 15.2. The molecule has 0 radical (unpaired) electrons. The summed E-state index contributed by atoms with van der Waals surface area (Å²) in [4.78, 5) is 25.3. The number of carboxylic acid groups (broad SMARTS) is 1. The van der Waals surface area contributed by atoms with E-state index < -0.39 is 5.97 Å². The van der Waals surface area contributed by atoms with Crippen LogP contribution >= 0.6 is 11.3 Å². The van der Waals surface area contributed by atoms with Crippen molar-refractivity contribution in [3.63, 3.8) is 0 Å². The maximum absolute atomic E-state index is 12.6. The summed E-state index contributed by atoms with van der Waals surface area (Å²) < 4.78 is 5.09. The van der Waals surface area contributed by atoms with Crippen molar-refractivity contribution in [3.05, 3.63) is 70.1 Å². The Morgan fingerprint density at radius 3 is 2.19 bits per heavy atom. The highest BCUT2D eigenvalue weighted by atomic mass is 32.1. The summed E-state index contributed by atoms with van der Waals surface area (Å²) in [6, 6.07) is 14.3. The maximum Gasteiger partial charge on any atom is 0.339 e. The zero-order chi connectivity index (χ0) is 19.6. The molecule has 2 aromatic carbocycles. The van der Waals surface area contributed by atoms with Crippen molar-refractivity contribution in [1.82, 2.24) is 0 Å². The Balaban J connectivity index is 1.98. The second-order valence-corrected chi connectivity index (χ2v) is 7.32. The van der Waals surface area contributed by atoms with E-state index in [1.807, 2.05) is 38.1 Å². The molecule has 0 atom stereocenters. The van der Waals surface area contributed by atoms with E-state index in [0.717, 1.165) is 16.0 Å². The number of anilines is 1. The molecule has 0 bridgehead atoms. The van der Waals surface area contributed by atoms with Crippen molar-refractivity contribution >= 4 is 28.2 Å². The fourth-order valence-electron chi connectivity index (χ4n) is 2.82. The predicted octanol–water partition coefficient (Wildman–Crippen LogP) is 4.99. The highest BCUT2D eigenvalue weighted by molar-refractivity contribution is 7.17. The van der Waals surface area contributed by atoms with Gasteiger partial charge in [-0.2, -0.15) is 0 Å². The van der Waals surface area contributed by atoms with Gasteiger partial charge in [-0.05, 0) is 43.7 Å². The Bertz CT molecular complexity index is 988. The average Bonchev–Trinajstić information content (AvgIpc) is 2.98. The van der Waals surface area contributed by atoms with Crippen molar-refractivity contribution in [2.45, 2.75) is 13.8 Å². The van der Waals surface area contributed by atoms with E-state index in [1.165, 1.54) is 11.3 Å². The molecule has 0 aliphatic carbocycles. The topological polar surface area (TPSA) is 75.6 Å². The molecular weight excluding hydrogens is 362 g/mol. The normalized spacial score (nSPS) is 10.5. The number of nitrogens with one attached hydrogen (secondary N) is 1. The van der Waals surface area contributed by atoms with Crippen LogP contribution in [0.25, 0.3) is 11.1 Å². The monoisotopic (exact) mass is 381 g/mol. The molecule has 0 fully saturated rings. The van der Waals surface area contributed by atoms with E-state index in [-0.39, 0.29) is 11.5 Å². The Hall–Kier alpha value is -3.12. The molecule has 3 rings (SSSR count). The van der Waals surface area contributed by atoms with E-state index in [1.54, 1.807) is 31.4 Å². The first-order chi connectivity index (χ1) is 12.9. The minimum absolute atomic E-state index is 0.114. The molecule has 0 saturated heterocycles. The molecule has 27 heavy (non-hydrogen) atoms. The highest BCUT2D eigenvalue weighted by Crippen LogP contribution is 2.40. The van der Waals surface area contributed by atoms with Gasteiger partial charge in [0.15, 0.2) is 0 Å². The van der Waals surface area contributed by atoms with Gasteiger partial charge in [0.25, 0.3) is 5.91 Å². The number of amides is 1. The minimum atomic E-state index is -1.07. The standard InChI is InChI=1S/C21H19NO4S/c1-12-4-6-14(7-5-12)17-13(2)27-20(18(17)21(24)25)22-19(23)15-8-10-16(26-3)11-9-15/h4-11H,1-3H3,(H,22,23)(H,24,25). The number of aromatic carboxylic acids is 1. The molecule has 0 spiro atoms. The number of ether oxygens (including phenoxy) is 1. The number of methoxy groups -OCH3 is 1. The van der Waals surface area contributed by atoms with Gasteiger partial charge in [-0.3, -0.25) is 4.79 Å². The Morgan fingerprint density at radius 2 is 1.63 bits per heavy atom. The lowest BCUT2D eigenvalue weighted by molar-refractivity contribution is 0.0699. The zero-order valence-corrected chi connectivity index (χ0v) is 16.0. The van der Waals surface area contributed by atoms with Gasteiger partial charge < -0.3 is 15.2 Å². The molecular formula is C21H19NO4S. The molecule has 3 aromatic rings. The highest BCUT2D eigenvalue weighted by Gasteiger charge is 2.24. The number of carbonyl (C=O) groups excluding carboxylic acids is 1. The molecule has 6 heteroatoms. The number of aryl methyl sites for hydroxylation is 2. The van der Waals surface area contributed by atoms with E-state index in [2.05, 4.69) is 5.32 Å². The van der Waals surface area contributed by atoms with Crippen molar-refractivity contribution in [1.29, 1.82) is 0 Å². The Kier molecular flexibility index (Phi) is 5.28. The van der Waals surface area contributed by atoms with E-state index in [0.29, 0.717) is 21.9 Å². The Morgan fingerprint density at radius 1 is 1.00 bits per heavy atom. The van der Waals surface area contributed by atoms with Crippen LogP contribution in [-0.4, -0.2) is 24.1 Å². The predicted molar refractivity (Wildman–Crippen MR) is 107 cm³/mol. The summed E-state index contributed by atoms with van der Waals surface area (Å²) in [5.41, 5.74) is 3.09. The average molecular weight is 381 g/mol. The summed E-state index contributed by atoms with van der Waals surface area (Å²) in [7, 11) is 1.55. The van der Waals surface area contributed by atoms with Gasteiger partial charge in [-0.1, -0.05) is 29.8 Å². The summed E-state index contributed by atoms with van der Waals surface area (Å²) in [5, 5.41) is 12.8. The number of hydrogen-bond acceptors (Lipinski definition) is 4. The molecule has 5 nitrogen and oxygen atoms in total. The van der Waals surface area contributed by atoms with Gasteiger partial charge >= 0.3 is 5.97 Å². The van der Waals surface area contributed by atoms with Gasteiger partial charge in [0.1, 0.15) is 16.3 Å². The lowest BCUT2D eigenvalue weighted by atomic mass is 10.0. The quantitative estimate of drug-likeness (QED) is 0.653. The van der Waals surface area contributed by atoms with E-state index in [4.69, 9.17) is 4.74 Å². The second kappa shape index (κ2) is 7.63. The first-order valence-corrected chi connectivity index (χ1v) is 9.11. The largest absolute Gasteiger partial charge is 0.497 e. The first-order valence-electron chi connectivity index (χ1n) is 8.30. The fraction of sp³-hybridized carbons (Fsp3) is 0.143. The Labute approximate surface area is 161 Å². The summed E-state index contributed by atoms with van der Waals surface area (Å²) in [5.74, 6) is -0.789. The van der Waals surface area contributed by atoms with Crippen LogP contribution < -0.4 is 10.1 Å². The molecule has 1 aromatic heterocycles. The van der Waals surface area contributed by atoms with Gasteiger partial charge in [0.2, 0.25) is 0 Å². The van der Waals surface area contributed by atoms with Crippen LogP contribution in [0.5, 0.6) is 5.75 Å². The molecule has 1 amide bonds. The molecule has 138 valence electrons. The van der Waals surface area contributed by atoms with Crippen LogP contribution in [0.15, 0.2) is 48.5 Å². The van der Waals surface area contributed by atoms with Crippen molar-refractivity contribution in [3.8, 4) is 16.9 Å². The third-order valence-electron chi connectivity index (χ3n) is 4.22. The maximum atomic E-state index is 12.6. The van der Waals surface area contributed by atoms with Gasteiger partial charge in [-0.15, -0.1) is 11.3 Å². The van der Waals surface area contributed by atoms with Crippen LogP contribution in [0, 0.1) is 13.8 Å². The van der Waals surface area contributed by atoms with Crippen molar-refractivity contribution in [2.24, 2.45) is 0 Å².